The minimum Gasteiger partial charge on any atom is -0.287 e. The molecule has 0 aliphatic carbocycles. The topological polar surface area (TPSA) is 54.8 Å². The summed E-state index contributed by atoms with van der Waals surface area (Å²) in [6.45, 7) is 4.30. The maximum atomic E-state index is 4.63. The third-order valence-corrected chi connectivity index (χ3v) is 4.63. The standard InChI is InChI=1S/C24H23N5/c1-19-8-10-23(27-14-19)24-11-9-20(15-28-24)16-29(17-21-6-2-4-12-25-21)18-22-7-3-5-13-26-22/h2-15H,16-18H2,1H3. The second-order valence-electron chi connectivity index (χ2n) is 7.06. The van der Waals surface area contributed by atoms with E-state index in [9.17, 15) is 0 Å². The van der Waals surface area contributed by atoms with Gasteiger partial charge in [-0.2, -0.15) is 0 Å². The van der Waals surface area contributed by atoms with E-state index in [1.54, 1.807) is 0 Å². The molecule has 0 unspecified atom stereocenters. The largest absolute Gasteiger partial charge is 0.287 e. The van der Waals surface area contributed by atoms with E-state index in [-0.39, 0.29) is 0 Å². The molecule has 0 atom stereocenters. The molecule has 0 radical (unpaired) electrons. The van der Waals surface area contributed by atoms with E-state index >= 15 is 0 Å². The predicted octanol–water partition coefficient (Wildman–Crippen LogP) is 4.44. The quantitative estimate of drug-likeness (QED) is 0.474. The molecular weight excluding hydrogens is 358 g/mol. The summed E-state index contributed by atoms with van der Waals surface area (Å²) in [5, 5.41) is 0. The van der Waals surface area contributed by atoms with Crippen LogP contribution in [0.5, 0.6) is 0 Å². The molecule has 4 heterocycles. The van der Waals surface area contributed by atoms with Gasteiger partial charge in [-0.3, -0.25) is 24.8 Å². The van der Waals surface area contributed by atoms with Crippen LogP contribution in [0.3, 0.4) is 0 Å². The number of pyridine rings is 4. The van der Waals surface area contributed by atoms with Gasteiger partial charge in [0.2, 0.25) is 0 Å². The van der Waals surface area contributed by atoms with Gasteiger partial charge in [-0.25, -0.2) is 0 Å². The Labute approximate surface area is 171 Å². The van der Waals surface area contributed by atoms with Crippen molar-refractivity contribution in [3.63, 3.8) is 0 Å². The number of nitrogens with zero attached hydrogens (tertiary/aromatic N) is 5. The first-order valence-electron chi connectivity index (χ1n) is 9.66. The van der Waals surface area contributed by atoms with Gasteiger partial charge in [-0.1, -0.05) is 24.3 Å². The minimum absolute atomic E-state index is 0.749. The average molecular weight is 381 g/mol. The Kier molecular flexibility index (Phi) is 5.98. The third-order valence-electron chi connectivity index (χ3n) is 4.63. The number of aryl methyl sites for hydroxylation is 1. The molecule has 144 valence electrons. The fraction of sp³-hybridized carbons (Fsp3) is 0.167. The summed E-state index contributed by atoms with van der Waals surface area (Å²) in [6.07, 6.45) is 7.46. The molecule has 0 fully saturated rings. The van der Waals surface area contributed by atoms with Crippen LogP contribution in [0.2, 0.25) is 0 Å². The monoisotopic (exact) mass is 381 g/mol. The molecule has 4 aromatic heterocycles. The van der Waals surface area contributed by atoms with E-state index in [1.165, 1.54) is 0 Å². The second kappa shape index (κ2) is 9.17. The van der Waals surface area contributed by atoms with E-state index < -0.39 is 0 Å². The molecule has 29 heavy (non-hydrogen) atoms. The molecule has 0 spiro atoms. The van der Waals surface area contributed by atoms with Crippen LogP contribution in [-0.2, 0) is 19.6 Å². The first-order valence-corrected chi connectivity index (χ1v) is 9.66. The molecule has 4 rings (SSSR count). The van der Waals surface area contributed by atoms with Crippen LogP contribution >= 0.6 is 0 Å². The van der Waals surface area contributed by atoms with Crippen LogP contribution in [0.1, 0.15) is 22.5 Å². The van der Waals surface area contributed by atoms with E-state index in [4.69, 9.17) is 0 Å². The van der Waals surface area contributed by atoms with Gasteiger partial charge in [-0.05, 0) is 54.4 Å². The van der Waals surface area contributed by atoms with Crippen molar-refractivity contribution >= 4 is 0 Å². The molecule has 0 amide bonds. The highest BCUT2D eigenvalue weighted by Crippen LogP contribution is 2.17. The van der Waals surface area contributed by atoms with Gasteiger partial charge in [0.1, 0.15) is 0 Å². The lowest BCUT2D eigenvalue weighted by molar-refractivity contribution is 0.241. The lowest BCUT2D eigenvalue weighted by atomic mass is 10.2. The van der Waals surface area contributed by atoms with Crippen LogP contribution < -0.4 is 0 Å². The SMILES string of the molecule is Cc1ccc(-c2ccc(CN(Cc3ccccn3)Cc3ccccn3)cn2)nc1. The third kappa shape index (κ3) is 5.30. The van der Waals surface area contributed by atoms with Gasteiger partial charge >= 0.3 is 0 Å². The number of aromatic nitrogens is 4. The van der Waals surface area contributed by atoms with Crippen molar-refractivity contribution in [2.75, 3.05) is 0 Å². The van der Waals surface area contributed by atoms with Crippen molar-refractivity contribution in [2.24, 2.45) is 0 Å². The summed E-state index contributed by atoms with van der Waals surface area (Å²) in [5.74, 6) is 0. The van der Waals surface area contributed by atoms with Crippen molar-refractivity contribution in [1.82, 2.24) is 24.8 Å². The zero-order valence-electron chi connectivity index (χ0n) is 16.4. The van der Waals surface area contributed by atoms with Crippen molar-refractivity contribution in [2.45, 2.75) is 26.6 Å². The molecule has 4 aromatic rings. The van der Waals surface area contributed by atoms with Crippen LogP contribution in [0.15, 0.2) is 85.5 Å². The number of hydrogen-bond donors (Lipinski definition) is 0. The summed E-state index contributed by atoms with van der Waals surface area (Å²) in [4.78, 5) is 20.4. The second-order valence-corrected chi connectivity index (χ2v) is 7.06. The smallest absolute Gasteiger partial charge is 0.0886 e. The van der Waals surface area contributed by atoms with Gasteiger partial charge in [-0.15, -0.1) is 0 Å². The van der Waals surface area contributed by atoms with Crippen molar-refractivity contribution in [3.8, 4) is 11.4 Å². The molecule has 0 aromatic carbocycles. The first kappa shape index (κ1) is 18.9. The Hall–Kier alpha value is -3.44. The van der Waals surface area contributed by atoms with E-state index in [0.29, 0.717) is 0 Å². The molecule has 5 nitrogen and oxygen atoms in total. The average Bonchev–Trinajstić information content (AvgIpc) is 2.76. The fourth-order valence-corrected chi connectivity index (χ4v) is 3.16. The Morgan fingerprint density at radius 3 is 1.72 bits per heavy atom. The highest BCUT2D eigenvalue weighted by molar-refractivity contribution is 5.53. The van der Waals surface area contributed by atoms with E-state index in [0.717, 1.165) is 53.5 Å². The van der Waals surface area contributed by atoms with Crippen molar-refractivity contribution < 1.29 is 0 Å². The van der Waals surface area contributed by atoms with Crippen molar-refractivity contribution in [1.29, 1.82) is 0 Å². The molecule has 5 heteroatoms. The van der Waals surface area contributed by atoms with Gasteiger partial charge in [0.05, 0.1) is 22.8 Å². The number of rotatable bonds is 7. The van der Waals surface area contributed by atoms with E-state index in [1.807, 2.05) is 68.1 Å². The lowest BCUT2D eigenvalue weighted by Crippen LogP contribution is -2.23. The Morgan fingerprint density at radius 2 is 1.24 bits per heavy atom. The zero-order valence-corrected chi connectivity index (χ0v) is 16.4. The zero-order chi connectivity index (χ0) is 19.9. The Morgan fingerprint density at radius 1 is 0.621 bits per heavy atom. The molecule has 0 N–H and O–H groups in total. The van der Waals surface area contributed by atoms with Gasteiger partial charge < -0.3 is 0 Å². The molecule has 0 bridgehead atoms. The molecule has 0 aliphatic rings. The summed E-state index contributed by atoms with van der Waals surface area (Å²) in [6, 6.07) is 20.2. The highest BCUT2D eigenvalue weighted by atomic mass is 15.1. The summed E-state index contributed by atoms with van der Waals surface area (Å²) in [5.41, 5.74) is 6.14. The van der Waals surface area contributed by atoms with Crippen LogP contribution in [0.25, 0.3) is 11.4 Å². The Balaban J connectivity index is 1.51. The molecule has 0 saturated carbocycles. The predicted molar refractivity (Wildman–Crippen MR) is 114 cm³/mol. The van der Waals surface area contributed by atoms with Crippen LogP contribution in [0, 0.1) is 6.92 Å². The van der Waals surface area contributed by atoms with E-state index in [2.05, 4.69) is 49.1 Å². The van der Waals surface area contributed by atoms with Crippen LogP contribution in [-0.4, -0.2) is 24.8 Å². The summed E-state index contributed by atoms with van der Waals surface area (Å²) >= 11 is 0. The summed E-state index contributed by atoms with van der Waals surface area (Å²) < 4.78 is 0. The molecular formula is C24H23N5. The van der Waals surface area contributed by atoms with Crippen LogP contribution in [0.4, 0.5) is 0 Å². The Bertz CT molecular complexity index is 975. The summed E-state index contributed by atoms with van der Waals surface area (Å²) in [7, 11) is 0. The molecule has 0 aliphatic heterocycles. The first-order chi connectivity index (χ1) is 14.3. The van der Waals surface area contributed by atoms with Crippen molar-refractivity contribution in [3.05, 3.63) is 108 Å². The maximum Gasteiger partial charge on any atom is 0.0886 e. The molecule has 0 saturated heterocycles. The fourth-order valence-electron chi connectivity index (χ4n) is 3.16. The number of hydrogen-bond acceptors (Lipinski definition) is 5. The van der Waals surface area contributed by atoms with Gasteiger partial charge in [0.15, 0.2) is 0 Å². The maximum absolute atomic E-state index is 4.63. The highest BCUT2D eigenvalue weighted by Gasteiger charge is 2.11. The van der Waals surface area contributed by atoms with Gasteiger partial charge in [0.25, 0.3) is 0 Å². The normalized spacial score (nSPS) is 11.0. The minimum atomic E-state index is 0.749. The lowest BCUT2D eigenvalue weighted by Gasteiger charge is -2.21. The van der Waals surface area contributed by atoms with Gasteiger partial charge in [0, 0.05) is 44.4 Å².